The average molecular weight is 515 g/mol. The van der Waals surface area contributed by atoms with Crippen molar-refractivity contribution in [1.82, 2.24) is 4.98 Å². The van der Waals surface area contributed by atoms with Gasteiger partial charge in [0.05, 0.1) is 32.3 Å². The van der Waals surface area contributed by atoms with Crippen LogP contribution >= 0.6 is 22.7 Å². The number of nitrogens with zero attached hydrogens (tertiary/aromatic N) is 2. The number of carbonyl (C=O) groups excluding carboxylic acids is 2. The minimum absolute atomic E-state index is 0.0524. The number of fused-ring (bicyclic) bond motifs is 1. The first-order chi connectivity index (χ1) is 16.1. The molecule has 1 saturated heterocycles. The highest BCUT2D eigenvalue weighted by molar-refractivity contribution is 7.90. The molecule has 8 nitrogen and oxygen atoms in total. The summed E-state index contributed by atoms with van der Waals surface area (Å²) in [4.78, 5) is 32.3. The number of thiazole rings is 1. The fourth-order valence-corrected chi connectivity index (χ4v) is 6.45. The Kier molecular flexibility index (Phi) is 5.23. The zero-order valence-electron chi connectivity index (χ0n) is 18.2. The fourth-order valence-electron chi connectivity index (χ4n) is 4.01. The number of aliphatic hydroxyl groups is 1. The van der Waals surface area contributed by atoms with Crippen molar-refractivity contribution in [1.29, 1.82) is 0 Å². The number of aryl methyl sites for hydroxylation is 2. The van der Waals surface area contributed by atoms with E-state index in [1.807, 2.05) is 5.38 Å². The van der Waals surface area contributed by atoms with Gasteiger partial charge in [-0.15, -0.1) is 0 Å². The van der Waals surface area contributed by atoms with Crippen LogP contribution in [0.5, 0.6) is 0 Å². The summed E-state index contributed by atoms with van der Waals surface area (Å²) < 4.78 is 30.0. The fraction of sp³-hybridized carbons (Fsp3) is 0.174. The van der Waals surface area contributed by atoms with Crippen molar-refractivity contribution in [3.63, 3.8) is 0 Å². The molecule has 3 aromatic heterocycles. The van der Waals surface area contributed by atoms with Gasteiger partial charge in [-0.3, -0.25) is 14.5 Å². The van der Waals surface area contributed by atoms with Gasteiger partial charge in [0, 0.05) is 6.26 Å². The summed E-state index contributed by atoms with van der Waals surface area (Å²) in [7, 11) is -3.43. The molecule has 4 heterocycles. The molecule has 0 radical (unpaired) electrons. The second-order valence-electron chi connectivity index (χ2n) is 7.95. The molecule has 0 aliphatic carbocycles. The maximum Gasteiger partial charge on any atom is 0.301 e. The lowest BCUT2D eigenvalue weighted by Crippen LogP contribution is -2.29. The first-order valence-corrected chi connectivity index (χ1v) is 13.7. The molecule has 0 saturated carbocycles. The summed E-state index contributed by atoms with van der Waals surface area (Å²) in [6.45, 7) is 3.40. The average Bonchev–Trinajstić information content (AvgIpc) is 3.53. The van der Waals surface area contributed by atoms with Crippen LogP contribution in [-0.2, 0) is 19.4 Å². The highest BCUT2D eigenvalue weighted by Gasteiger charge is 2.48. The molecule has 1 fully saturated rings. The molecule has 1 amide bonds. The van der Waals surface area contributed by atoms with Crippen LogP contribution in [0.25, 0.3) is 16.0 Å². The lowest BCUT2D eigenvalue weighted by molar-refractivity contribution is -0.132. The molecule has 1 aliphatic rings. The molecule has 4 aromatic rings. The molecule has 1 N–H and O–H groups in total. The highest BCUT2D eigenvalue weighted by atomic mass is 32.2. The lowest BCUT2D eigenvalue weighted by atomic mass is 9.97. The van der Waals surface area contributed by atoms with Crippen LogP contribution < -0.4 is 4.90 Å². The normalized spacial score (nSPS) is 18.3. The van der Waals surface area contributed by atoms with Crippen molar-refractivity contribution >= 4 is 65.3 Å². The van der Waals surface area contributed by atoms with Gasteiger partial charge in [0.25, 0.3) is 5.78 Å². The second-order valence-corrected chi connectivity index (χ2v) is 11.8. The summed E-state index contributed by atoms with van der Waals surface area (Å²) >= 11 is 2.50. The number of aliphatic hydroxyl groups excluding tert-OH is 1. The van der Waals surface area contributed by atoms with Crippen molar-refractivity contribution in [2.24, 2.45) is 0 Å². The number of anilines is 1. The third-order valence-corrected chi connectivity index (χ3v) is 8.41. The van der Waals surface area contributed by atoms with E-state index in [0.717, 1.165) is 17.6 Å². The number of hydrogen-bond acceptors (Lipinski definition) is 9. The number of furan rings is 1. The van der Waals surface area contributed by atoms with Gasteiger partial charge in [-0.05, 0) is 60.5 Å². The minimum Gasteiger partial charge on any atom is -0.507 e. The van der Waals surface area contributed by atoms with Crippen LogP contribution in [0.2, 0.25) is 0 Å². The number of amides is 1. The number of Topliss-reactive ketones (excluding diaryl/α,β-unsaturated/α-hetero) is 1. The van der Waals surface area contributed by atoms with E-state index in [-0.39, 0.29) is 21.4 Å². The highest BCUT2D eigenvalue weighted by Crippen LogP contribution is 2.45. The maximum atomic E-state index is 13.2. The van der Waals surface area contributed by atoms with E-state index in [4.69, 9.17) is 4.42 Å². The quantitative estimate of drug-likeness (QED) is 0.240. The molecule has 11 heteroatoms. The third kappa shape index (κ3) is 3.56. The van der Waals surface area contributed by atoms with E-state index in [1.165, 1.54) is 28.4 Å². The minimum atomic E-state index is -3.43. The van der Waals surface area contributed by atoms with E-state index in [2.05, 4.69) is 4.98 Å². The van der Waals surface area contributed by atoms with Crippen molar-refractivity contribution in [2.45, 2.75) is 24.8 Å². The number of rotatable bonds is 4. The SMILES string of the molecule is Cc1cc(/C(O)=C2\C(=O)C(=O)N(c3nc4ccc(S(C)(=O)=O)cc4s3)C2c2ccsc2)c(C)o1. The number of ketones is 1. The van der Waals surface area contributed by atoms with Gasteiger partial charge in [0.1, 0.15) is 17.3 Å². The van der Waals surface area contributed by atoms with Crippen molar-refractivity contribution in [2.75, 3.05) is 11.2 Å². The molecule has 1 aromatic carbocycles. The monoisotopic (exact) mass is 514 g/mol. The standard InChI is InChI=1S/C23H18N2O6S3/c1-11-8-15(12(2)31-11)20(26)18-19(13-6-7-32-10-13)25(22(28)21(18)27)23-24-16-5-4-14(34(3,29)30)9-17(16)33-23/h4-10,19,26H,1-3H3/b20-18+. The molecule has 34 heavy (non-hydrogen) atoms. The second kappa shape index (κ2) is 7.90. The zero-order chi connectivity index (χ0) is 24.4. The van der Waals surface area contributed by atoms with Crippen LogP contribution in [-0.4, -0.2) is 36.5 Å². The van der Waals surface area contributed by atoms with Gasteiger partial charge in [0.15, 0.2) is 15.0 Å². The van der Waals surface area contributed by atoms with Crippen molar-refractivity contribution in [3.8, 4) is 0 Å². The Morgan fingerprint density at radius 1 is 1.18 bits per heavy atom. The Balaban J connectivity index is 1.71. The van der Waals surface area contributed by atoms with Gasteiger partial charge in [-0.1, -0.05) is 11.3 Å². The largest absolute Gasteiger partial charge is 0.507 e. The van der Waals surface area contributed by atoms with Gasteiger partial charge in [-0.25, -0.2) is 13.4 Å². The smallest absolute Gasteiger partial charge is 0.301 e. The first-order valence-electron chi connectivity index (χ1n) is 10.1. The molecule has 5 rings (SSSR count). The predicted octanol–water partition coefficient (Wildman–Crippen LogP) is 4.60. The molecular weight excluding hydrogens is 496 g/mol. The zero-order valence-corrected chi connectivity index (χ0v) is 20.7. The Hall–Kier alpha value is -3.28. The number of thiophene rings is 1. The van der Waals surface area contributed by atoms with Gasteiger partial charge < -0.3 is 9.52 Å². The molecular formula is C23H18N2O6S3. The summed E-state index contributed by atoms with van der Waals surface area (Å²) in [5, 5.41) is 15.0. The van der Waals surface area contributed by atoms with Crippen LogP contribution in [0.15, 0.2) is 56.0 Å². The summed E-state index contributed by atoms with van der Waals surface area (Å²) in [6, 6.07) is 7.03. The number of hydrogen-bond donors (Lipinski definition) is 1. The first kappa shape index (κ1) is 22.5. The van der Waals surface area contributed by atoms with Crippen LogP contribution in [0, 0.1) is 13.8 Å². The van der Waals surface area contributed by atoms with E-state index in [0.29, 0.717) is 32.9 Å². The van der Waals surface area contributed by atoms with Gasteiger partial charge >= 0.3 is 5.91 Å². The maximum absolute atomic E-state index is 13.2. The van der Waals surface area contributed by atoms with E-state index < -0.39 is 27.6 Å². The molecule has 1 aliphatic heterocycles. The third-order valence-electron chi connectivity index (χ3n) is 5.58. The Morgan fingerprint density at radius 2 is 1.94 bits per heavy atom. The Bertz CT molecular complexity index is 1610. The topological polar surface area (TPSA) is 118 Å². The van der Waals surface area contributed by atoms with Crippen molar-refractivity contribution < 1.29 is 27.5 Å². The Labute approximate surface area is 202 Å². The number of benzene rings is 1. The predicted molar refractivity (Wildman–Crippen MR) is 130 cm³/mol. The molecule has 1 atom stereocenters. The van der Waals surface area contributed by atoms with Crippen LogP contribution in [0.3, 0.4) is 0 Å². The summed E-state index contributed by atoms with van der Waals surface area (Å²) in [5.41, 5.74) is 1.44. The number of carbonyl (C=O) groups is 2. The number of sulfone groups is 1. The lowest BCUT2D eigenvalue weighted by Gasteiger charge is -2.21. The Morgan fingerprint density at radius 3 is 2.56 bits per heavy atom. The molecule has 0 spiro atoms. The van der Waals surface area contributed by atoms with E-state index in [9.17, 15) is 23.1 Å². The molecule has 174 valence electrons. The van der Waals surface area contributed by atoms with Crippen molar-refractivity contribution in [3.05, 3.63) is 69.3 Å². The molecule has 0 bridgehead atoms. The van der Waals surface area contributed by atoms with E-state index in [1.54, 1.807) is 37.4 Å². The van der Waals surface area contributed by atoms with Gasteiger partial charge in [0.2, 0.25) is 0 Å². The van der Waals surface area contributed by atoms with Gasteiger partial charge in [-0.2, -0.15) is 11.3 Å². The summed E-state index contributed by atoms with van der Waals surface area (Å²) in [6.07, 6.45) is 1.12. The summed E-state index contributed by atoms with van der Waals surface area (Å²) in [5.74, 6) is -0.973. The van der Waals surface area contributed by atoms with Crippen LogP contribution in [0.1, 0.15) is 28.7 Å². The van der Waals surface area contributed by atoms with Crippen LogP contribution in [0.4, 0.5) is 5.13 Å². The molecule has 1 unspecified atom stereocenters. The number of aromatic nitrogens is 1. The van der Waals surface area contributed by atoms with E-state index >= 15 is 0 Å².